The van der Waals surface area contributed by atoms with E-state index < -0.39 is 0 Å². The Labute approximate surface area is 125 Å². The molecule has 1 aliphatic rings. The monoisotopic (exact) mass is 286 g/mol. The Hall–Kier alpha value is -1.79. The molecule has 112 valence electrons. The molecule has 2 aromatic rings. The molecule has 1 N–H and O–H groups in total. The van der Waals surface area contributed by atoms with E-state index in [0.29, 0.717) is 5.92 Å². The SMILES string of the molecule is CN(C)Cc1cnc([C@H]2CCN(Cc3cncnc3)C2)[nH]1. The quantitative estimate of drug-likeness (QED) is 0.896. The molecule has 6 heteroatoms. The van der Waals surface area contributed by atoms with Gasteiger partial charge in [-0.1, -0.05) is 0 Å². The molecular weight excluding hydrogens is 264 g/mol. The Balaban J connectivity index is 1.58. The van der Waals surface area contributed by atoms with E-state index in [2.05, 4.69) is 43.8 Å². The van der Waals surface area contributed by atoms with Crippen molar-refractivity contribution in [3.05, 3.63) is 42.0 Å². The maximum absolute atomic E-state index is 4.56. The van der Waals surface area contributed by atoms with Crippen molar-refractivity contribution in [2.24, 2.45) is 0 Å². The van der Waals surface area contributed by atoms with Crippen LogP contribution in [-0.2, 0) is 13.1 Å². The summed E-state index contributed by atoms with van der Waals surface area (Å²) in [5.41, 5.74) is 2.36. The van der Waals surface area contributed by atoms with Gasteiger partial charge in [0.15, 0.2) is 0 Å². The number of nitrogens with zero attached hydrogens (tertiary/aromatic N) is 5. The number of likely N-dealkylation sites (tertiary alicyclic amines) is 1. The zero-order valence-electron chi connectivity index (χ0n) is 12.7. The highest BCUT2D eigenvalue weighted by Gasteiger charge is 2.26. The van der Waals surface area contributed by atoms with Gasteiger partial charge in [0.2, 0.25) is 0 Å². The number of aromatic nitrogens is 4. The van der Waals surface area contributed by atoms with Gasteiger partial charge in [-0.2, -0.15) is 0 Å². The highest BCUT2D eigenvalue weighted by atomic mass is 15.2. The molecule has 0 bridgehead atoms. The van der Waals surface area contributed by atoms with Crippen LogP contribution in [0.25, 0.3) is 0 Å². The van der Waals surface area contributed by atoms with Crippen molar-refractivity contribution in [3.63, 3.8) is 0 Å². The van der Waals surface area contributed by atoms with Crippen molar-refractivity contribution in [3.8, 4) is 0 Å². The zero-order chi connectivity index (χ0) is 14.7. The van der Waals surface area contributed by atoms with Crippen LogP contribution in [0.4, 0.5) is 0 Å². The average Bonchev–Trinajstić information content (AvgIpc) is 3.08. The normalized spacial score (nSPS) is 19.5. The largest absolute Gasteiger partial charge is 0.345 e. The van der Waals surface area contributed by atoms with Crippen molar-refractivity contribution in [1.82, 2.24) is 29.7 Å². The summed E-state index contributed by atoms with van der Waals surface area (Å²) in [6.07, 6.45) is 8.47. The minimum atomic E-state index is 0.505. The minimum absolute atomic E-state index is 0.505. The van der Waals surface area contributed by atoms with Gasteiger partial charge in [-0.3, -0.25) is 4.90 Å². The topological polar surface area (TPSA) is 60.9 Å². The number of aromatic amines is 1. The molecule has 1 atom stereocenters. The summed E-state index contributed by atoms with van der Waals surface area (Å²) in [6, 6.07) is 0. The first-order valence-corrected chi connectivity index (χ1v) is 7.35. The van der Waals surface area contributed by atoms with Gasteiger partial charge in [-0.05, 0) is 27.1 Å². The fourth-order valence-electron chi connectivity index (χ4n) is 2.87. The number of imidazole rings is 1. The van der Waals surface area contributed by atoms with Gasteiger partial charge < -0.3 is 9.88 Å². The summed E-state index contributed by atoms with van der Waals surface area (Å²) in [4.78, 5) is 20.8. The van der Waals surface area contributed by atoms with E-state index in [9.17, 15) is 0 Å². The molecule has 0 amide bonds. The molecule has 2 aromatic heterocycles. The lowest BCUT2D eigenvalue weighted by molar-refractivity contribution is 0.325. The number of hydrogen-bond donors (Lipinski definition) is 1. The molecule has 0 saturated carbocycles. The van der Waals surface area contributed by atoms with Crippen molar-refractivity contribution in [1.29, 1.82) is 0 Å². The highest BCUT2D eigenvalue weighted by molar-refractivity contribution is 5.09. The summed E-state index contributed by atoms with van der Waals surface area (Å²) in [6.45, 7) is 3.97. The summed E-state index contributed by atoms with van der Waals surface area (Å²) in [5.74, 6) is 1.63. The lowest BCUT2D eigenvalue weighted by Gasteiger charge is -2.14. The minimum Gasteiger partial charge on any atom is -0.345 e. The second-order valence-corrected chi connectivity index (χ2v) is 6.00. The van der Waals surface area contributed by atoms with Crippen LogP contribution in [0, 0.1) is 0 Å². The van der Waals surface area contributed by atoms with Crippen molar-refractivity contribution in [2.45, 2.75) is 25.4 Å². The molecule has 0 aliphatic carbocycles. The van der Waals surface area contributed by atoms with Gasteiger partial charge >= 0.3 is 0 Å². The van der Waals surface area contributed by atoms with E-state index in [0.717, 1.165) is 38.4 Å². The van der Waals surface area contributed by atoms with Crippen molar-refractivity contribution >= 4 is 0 Å². The maximum Gasteiger partial charge on any atom is 0.115 e. The molecule has 3 rings (SSSR count). The van der Waals surface area contributed by atoms with Crippen LogP contribution in [0.2, 0.25) is 0 Å². The molecule has 0 unspecified atom stereocenters. The summed E-state index contributed by atoms with van der Waals surface area (Å²) < 4.78 is 0. The second kappa shape index (κ2) is 6.32. The Morgan fingerprint density at radius 2 is 2.10 bits per heavy atom. The average molecular weight is 286 g/mol. The van der Waals surface area contributed by atoms with Gasteiger partial charge in [0.1, 0.15) is 12.2 Å². The predicted octanol–water partition coefficient (Wildman–Crippen LogP) is 1.25. The van der Waals surface area contributed by atoms with Gasteiger partial charge in [0, 0.05) is 55.4 Å². The van der Waals surface area contributed by atoms with E-state index in [4.69, 9.17) is 0 Å². The number of rotatable bonds is 5. The number of nitrogens with one attached hydrogen (secondary N) is 1. The molecule has 0 spiro atoms. The summed E-state index contributed by atoms with van der Waals surface area (Å²) in [5, 5.41) is 0. The van der Waals surface area contributed by atoms with Gasteiger partial charge in [0.25, 0.3) is 0 Å². The molecule has 1 saturated heterocycles. The Morgan fingerprint density at radius 1 is 1.29 bits per heavy atom. The first kappa shape index (κ1) is 14.2. The van der Waals surface area contributed by atoms with Gasteiger partial charge in [0.05, 0.1) is 0 Å². The van der Waals surface area contributed by atoms with E-state index in [1.807, 2.05) is 18.6 Å². The second-order valence-electron chi connectivity index (χ2n) is 6.00. The molecule has 6 nitrogen and oxygen atoms in total. The van der Waals surface area contributed by atoms with E-state index in [1.165, 1.54) is 11.3 Å². The standard InChI is InChI=1S/C15H22N6/c1-20(2)10-14-7-18-15(19-14)13-3-4-21(9-13)8-12-5-16-11-17-6-12/h5-7,11,13H,3-4,8-10H2,1-2H3,(H,18,19)/t13-/m0/s1. The molecule has 0 aromatic carbocycles. The first-order valence-electron chi connectivity index (χ1n) is 7.35. The van der Waals surface area contributed by atoms with Gasteiger partial charge in [-0.25, -0.2) is 15.0 Å². The summed E-state index contributed by atoms with van der Waals surface area (Å²) in [7, 11) is 4.14. The summed E-state index contributed by atoms with van der Waals surface area (Å²) >= 11 is 0. The smallest absolute Gasteiger partial charge is 0.115 e. The lowest BCUT2D eigenvalue weighted by atomic mass is 10.1. The molecule has 0 radical (unpaired) electrons. The fraction of sp³-hybridized carbons (Fsp3) is 0.533. The van der Waals surface area contributed by atoms with E-state index >= 15 is 0 Å². The fourth-order valence-corrected chi connectivity index (χ4v) is 2.87. The van der Waals surface area contributed by atoms with Crippen LogP contribution in [0.15, 0.2) is 24.9 Å². The van der Waals surface area contributed by atoms with E-state index in [-0.39, 0.29) is 0 Å². The zero-order valence-corrected chi connectivity index (χ0v) is 12.7. The Morgan fingerprint density at radius 3 is 2.86 bits per heavy atom. The van der Waals surface area contributed by atoms with Crippen LogP contribution in [0.1, 0.15) is 29.4 Å². The molecule has 1 fully saturated rings. The number of hydrogen-bond acceptors (Lipinski definition) is 5. The highest BCUT2D eigenvalue weighted by Crippen LogP contribution is 2.26. The lowest BCUT2D eigenvalue weighted by Crippen LogP contribution is -2.20. The molecule has 1 aliphatic heterocycles. The first-order chi connectivity index (χ1) is 10.2. The number of H-pyrrole nitrogens is 1. The third-order valence-electron chi connectivity index (χ3n) is 3.81. The van der Waals surface area contributed by atoms with Gasteiger partial charge in [-0.15, -0.1) is 0 Å². The van der Waals surface area contributed by atoms with Crippen LogP contribution in [-0.4, -0.2) is 56.9 Å². The van der Waals surface area contributed by atoms with Crippen LogP contribution >= 0.6 is 0 Å². The van der Waals surface area contributed by atoms with Crippen LogP contribution < -0.4 is 0 Å². The Kier molecular flexibility index (Phi) is 4.26. The van der Waals surface area contributed by atoms with E-state index in [1.54, 1.807) is 6.33 Å². The molecule has 3 heterocycles. The molecular formula is C15H22N6. The van der Waals surface area contributed by atoms with Crippen LogP contribution in [0.3, 0.4) is 0 Å². The van der Waals surface area contributed by atoms with Crippen molar-refractivity contribution < 1.29 is 0 Å². The molecule has 21 heavy (non-hydrogen) atoms. The predicted molar refractivity (Wildman–Crippen MR) is 80.6 cm³/mol. The third-order valence-corrected chi connectivity index (χ3v) is 3.81. The third kappa shape index (κ3) is 3.65. The Bertz CT molecular complexity index is 565. The van der Waals surface area contributed by atoms with Crippen LogP contribution in [0.5, 0.6) is 0 Å². The van der Waals surface area contributed by atoms with Crippen molar-refractivity contribution in [2.75, 3.05) is 27.2 Å². The maximum atomic E-state index is 4.56.